The Morgan fingerprint density at radius 1 is 0.952 bits per heavy atom. The average molecular weight is 312 g/mol. The minimum absolute atomic E-state index is 0.734. The largest absolute Gasteiger partial charge is 0.351 e. The SMILES string of the molecule is Clc1ccc(Sc2ncnc3c2[nH]c2ccccc23)cc1. The van der Waals surface area contributed by atoms with Gasteiger partial charge in [0.05, 0.1) is 5.52 Å². The third-order valence-electron chi connectivity index (χ3n) is 3.28. The van der Waals surface area contributed by atoms with Gasteiger partial charge in [-0.05, 0) is 30.3 Å². The molecule has 5 heteroatoms. The zero-order valence-electron chi connectivity index (χ0n) is 10.9. The van der Waals surface area contributed by atoms with E-state index in [-0.39, 0.29) is 0 Å². The molecule has 0 saturated carbocycles. The van der Waals surface area contributed by atoms with Crippen molar-refractivity contribution in [3.05, 3.63) is 59.9 Å². The highest BCUT2D eigenvalue weighted by Crippen LogP contribution is 2.33. The fraction of sp³-hybridized carbons (Fsp3) is 0. The van der Waals surface area contributed by atoms with Crippen LogP contribution in [0.3, 0.4) is 0 Å². The molecule has 0 spiro atoms. The number of hydrogen-bond donors (Lipinski definition) is 1. The van der Waals surface area contributed by atoms with E-state index < -0.39 is 0 Å². The molecule has 2 heterocycles. The first-order valence-electron chi connectivity index (χ1n) is 6.46. The van der Waals surface area contributed by atoms with E-state index in [1.165, 1.54) is 0 Å². The first kappa shape index (κ1) is 12.7. The molecule has 21 heavy (non-hydrogen) atoms. The maximum Gasteiger partial charge on any atom is 0.128 e. The van der Waals surface area contributed by atoms with Crippen LogP contribution in [0.15, 0.2) is 64.8 Å². The molecule has 0 aliphatic heterocycles. The summed E-state index contributed by atoms with van der Waals surface area (Å²) >= 11 is 7.52. The molecule has 4 rings (SSSR count). The van der Waals surface area contributed by atoms with Crippen molar-refractivity contribution >= 4 is 45.3 Å². The quantitative estimate of drug-likeness (QED) is 0.534. The fourth-order valence-corrected chi connectivity index (χ4v) is 3.28. The molecule has 102 valence electrons. The van der Waals surface area contributed by atoms with Gasteiger partial charge >= 0.3 is 0 Å². The normalized spacial score (nSPS) is 11.3. The number of nitrogens with zero attached hydrogens (tertiary/aromatic N) is 2. The predicted molar refractivity (Wildman–Crippen MR) is 87.0 cm³/mol. The minimum atomic E-state index is 0.734. The summed E-state index contributed by atoms with van der Waals surface area (Å²) in [6, 6.07) is 15.9. The number of H-pyrrole nitrogens is 1. The monoisotopic (exact) mass is 311 g/mol. The second kappa shape index (κ2) is 5.06. The summed E-state index contributed by atoms with van der Waals surface area (Å²) in [5.74, 6) is 0. The molecular formula is C16H10ClN3S. The van der Waals surface area contributed by atoms with E-state index in [0.717, 1.165) is 36.9 Å². The van der Waals surface area contributed by atoms with E-state index >= 15 is 0 Å². The Bertz CT molecular complexity index is 931. The van der Waals surface area contributed by atoms with Gasteiger partial charge in [0, 0.05) is 20.8 Å². The van der Waals surface area contributed by atoms with Gasteiger partial charge in [-0.1, -0.05) is 41.6 Å². The Balaban J connectivity index is 1.86. The predicted octanol–water partition coefficient (Wildman–Crippen LogP) is 4.92. The summed E-state index contributed by atoms with van der Waals surface area (Å²) in [6.07, 6.45) is 1.61. The minimum Gasteiger partial charge on any atom is -0.351 e. The van der Waals surface area contributed by atoms with Crippen LogP contribution in [0.5, 0.6) is 0 Å². The van der Waals surface area contributed by atoms with Crippen molar-refractivity contribution in [3.63, 3.8) is 0 Å². The van der Waals surface area contributed by atoms with Gasteiger partial charge in [0.2, 0.25) is 0 Å². The Morgan fingerprint density at radius 3 is 2.62 bits per heavy atom. The summed E-state index contributed by atoms with van der Waals surface area (Å²) in [4.78, 5) is 13.3. The van der Waals surface area contributed by atoms with Gasteiger partial charge in [-0.25, -0.2) is 9.97 Å². The summed E-state index contributed by atoms with van der Waals surface area (Å²) in [7, 11) is 0. The summed E-state index contributed by atoms with van der Waals surface area (Å²) in [6.45, 7) is 0. The van der Waals surface area contributed by atoms with Crippen LogP contribution in [0, 0.1) is 0 Å². The smallest absolute Gasteiger partial charge is 0.128 e. The van der Waals surface area contributed by atoms with Gasteiger partial charge < -0.3 is 4.98 Å². The van der Waals surface area contributed by atoms with Gasteiger partial charge in [0.1, 0.15) is 16.9 Å². The first-order valence-corrected chi connectivity index (χ1v) is 7.65. The number of halogens is 1. The van der Waals surface area contributed by atoms with Crippen molar-refractivity contribution in [1.29, 1.82) is 0 Å². The summed E-state index contributed by atoms with van der Waals surface area (Å²) < 4.78 is 0. The Kier molecular flexibility index (Phi) is 3.05. The van der Waals surface area contributed by atoms with Crippen LogP contribution in [-0.2, 0) is 0 Å². The van der Waals surface area contributed by atoms with Crippen LogP contribution in [0.2, 0.25) is 5.02 Å². The first-order chi connectivity index (χ1) is 10.3. The highest BCUT2D eigenvalue weighted by molar-refractivity contribution is 7.99. The zero-order chi connectivity index (χ0) is 14.2. The average Bonchev–Trinajstić information content (AvgIpc) is 2.89. The van der Waals surface area contributed by atoms with Crippen LogP contribution in [0.4, 0.5) is 0 Å². The summed E-state index contributed by atoms with van der Waals surface area (Å²) in [5, 5.41) is 2.77. The second-order valence-corrected chi connectivity index (χ2v) is 6.13. The number of benzene rings is 2. The van der Waals surface area contributed by atoms with E-state index in [1.54, 1.807) is 18.1 Å². The topological polar surface area (TPSA) is 41.6 Å². The van der Waals surface area contributed by atoms with Crippen LogP contribution < -0.4 is 0 Å². The van der Waals surface area contributed by atoms with Crippen molar-refractivity contribution in [1.82, 2.24) is 15.0 Å². The maximum absolute atomic E-state index is 5.92. The van der Waals surface area contributed by atoms with Crippen LogP contribution in [0.1, 0.15) is 0 Å². The molecule has 4 aromatic rings. The molecule has 0 bridgehead atoms. The van der Waals surface area contributed by atoms with Crippen molar-refractivity contribution in [2.75, 3.05) is 0 Å². The number of hydrogen-bond acceptors (Lipinski definition) is 3. The lowest BCUT2D eigenvalue weighted by atomic mass is 10.2. The molecule has 0 fully saturated rings. The van der Waals surface area contributed by atoms with E-state index in [0.29, 0.717) is 0 Å². The highest BCUT2D eigenvalue weighted by atomic mass is 35.5. The van der Waals surface area contributed by atoms with Gasteiger partial charge in [-0.15, -0.1) is 0 Å². The summed E-state index contributed by atoms with van der Waals surface area (Å²) in [5.41, 5.74) is 3.00. The number of para-hydroxylation sites is 1. The number of aromatic amines is 1. The van der Waals surface area contributed by atoms with Crippen molar-refractivity contribution in [2.45, 2.75) is 9.92 Å². The van der Waals surface area contributed by atoms with Gasteiger partial charge in [-0.2, -0.15) is 0 Å². The van der Waals surface area contributed by atoms with Gasteiger partial charge in [-0.3, -0.25) is 0 Å². The van der Waals surface area contributed by atoms with Crippen molar-refractivity contribution in [2.24, 2.45) is 0 Å². The van der Waals surface area contributed by atoms with Gasteiger partial charge in [0.15, 0.2) is 0 Å². The number of aromatic nitrogens is 3. The molecular weight excluding hydrogens is 302 g/mol. The lowest BCUT2D eigenvalue weighted by Gasteiger charge is -2.02. The maximum atomic E-state index is 5.92. The Morgan fingerprint density at radius 2 is 1.76 bits per heavy atom. The van der Waals surface area contributed by atoms with Gasteiger partial charge in [0.25, 0.3) is 0 Å². The third-order valence-corrected chi connectivity index (χ3v) is 4.55. The van der Waals surface area contributed by atoms with Crippen molar-refractivity contribution < 1.29 is 0 Å². The molecule has 3 nitrogen and oxygen atoms in total. The Hall–Kier alpha value is -2.04. The molecule has 0 unspecified atom stereocenters. The molecule has 0 radical (unpaired) electrons. The van der Waals surface area contributed by atoms with Crippen LogP contribution in [-0.4, -0.2) is 15.0 Å². The Labute approximate surface area is 130 Å². The van der Waals surface area contributed by atoms with Crippen LogP contribution in [0.25, 0.3) is 21.9 Å². The van der Waals surface area contributed by atoms with Crippen LogP contribution >= 0.6 is 23.4 Å². The van der Waals surface area contributed by atoms with E-state index in [2.05, 4.69) is 21.0 Å². The number of rotatable bonds is 2. The van der Waals surface area contributed by atoms with E-state index in [9.17, 15) is 0 Å². The molecule has 0 saturated heterocycles. The second-order valence-electron chi connectivity index (χ2n) is 4.63. The molecule has 2 aromatic carbocycles. The van der Waals surface area contributed by atoms with Crippen molar-refractivity contribution in [3.8, 4) is 0 Å². The lowest BCUT2D eigenvalue weighted by Crippen LogP contribution is -1.85. The molecule has 0 aliphatic carbocycles. The molecule has 1 N–H and O–H groups in total. The lowest BCUT2D eigenvalue weighted by molar-refractivity contribution is 1.09. The zero-order valence-corrected chi connectivity index (χ0v) is 12.4. The molecule has 0 aliphatic rings. The van der Waals surface area contributed by atoms with E-state index in [1.807, 2.05) is 42.5 Å². The molecule has 2 aromatic heterocycles. The fourth-order valence-electron chi connectivity index (χ4n) is 2.31. The molecule has 0 amide bonds. The third kappa shape index (κ3) is 2.26. The van der Waals surface area contributed by atoms with E-state index in [4.69, 9.17) is 11.6 Å². The highest BCUT2D eigenvalue weighted by Gasteiger charge is 2.11. The molecule has 0 atom stereocenters. The standard InChI is InChI=1S/C16H10ClN3S/c17-10-5-7-11(8-6-10)21-16-15-14(18-9-19-16)12-3-1-2-4-13(12)20-15/h1-9,20H. The number of fused-ring (bicyclic) bond motifs is 3. The number of nitrogens with one attached hydrogen (secondary N) is 1.